The number of nitrogens with one attached hydrogen (secondary N) is 2. The molecule has 156 valence electrons. The quantitative estimate of drug-likeness (QED) is 0.597. The zero-order valence-corrected chi connectivity index (χ0v) is 17.7. The summed E-state index contributed by atoms with van der Waals surface area (Å²) in [5, 5.41) is 7.13. The maximum Gasteiger partial charge on any atom is 0.246 e. The monoisotopic (exact) mass is 446 g/mol. The molecule has 9 heteroatoms. The molecule has 0 radical (unpaired) electrons. The lowest BCUT2D eigenvalue weighted by molar-refractivity contribution is -0.125. The first kappa shape index (κ1) is 21.8. The third-order valence-electron chi connectivity index (χ3n) is 4.62. The van der Waals surface area contributed by atoms with Crippen LogP contribution >= 0.6 is 24.0 Å². The summed E-state index contributed by atoms with van der Waals surface area (Å²) in [7, 11) is 1.69. The Balaban J connectivity index is 0.00000256. The van der Waals surface area contributed by atoms with Crippen molar-refractivity contribution in [2.75, 3.05) is 18.9 Å². The number of halogens is 2. The lowest BCUT2D eigenvalue weighted by atomic mass is 10.1. The van der Waals surface area contributed by atoms with E-state index in [1.165, 1.54) is 11.0 Å². The molecular formula is C21H20Cl2N4O3. The minimum absolute atomic E-state index is 0. The van der Waals surface area contributed by atoms with Crippen LogP contribution in [0.1, 0.15) is 16.9 Å². The van der Waals surface area contributed by atoms with Gasteiger partial charge in [-0.05, 0) is 29.8 Å². The van der Waals surface area contributed by atoms with Gasteiger partial charge in [0, 0.05) is 36.8 Å². The Morgan fingerprint density at radius 1 is 1.33 bits per heavy atom. The molecule has 3 aromatic rings. The smallest absolute Gasteiger partial charge is 0.246 e. The van der Waals surface area contributed by atoms with Crippen molar-refractivity contribution in [3.8, 4) is 0 Å². The number of furan rings is 1. The summed E-state index contributed by atoms with van der Waals surface area (Å²) in [6.45, 7) is 1.03. The first-order valence-electron chi connectivity index (χ1n) is 9.10. The fraction of sp³-hybridized carbons (Fsp3) is 0.190. The number of pyridine rings is 1. The minimum atomic E-state index is -0.192. The van der Waals surface area contributed by atoms with Crippen LogP contribution in [-0.2, 0) is 22.7 Å². The number of aromatic nitrogens is 1. The van der Waals surface area contributed by atoms with Gasteiger partial charge >= 0.3 is 0 Å². The Kier molecular flexibility index (Phi) is 6.77. The van der Waals surface area contributed by atoms with Crippen molar-refractivity contribution >= 4 is 58.7 Å². The Morgan fingerprint density at radius 2 is 2.13 bits per heavy atom. The van der Waals surface area contributed by atoms with Crippen molar-refractivity contribution in [3.63, 3.8) is 0 Å². The van der Waals surface area contributed by atoms with Crippen molar-refractivity contribution in [2.24, 2.45) is 0 Å². The van der Waals surface area contributed by atoms with Gasteiger partial charge in [-0.2, -0.15) is 0 Å². The van der Waals surface area contributed by atoms with Crippen molar-refractivity contribution in [1.82, 2.24) is 15.2 Å². The van der Waals surface area contributed by atoms with Crippen molar-refractivity contribution in [1.29, 1.82) is 0 Å². The molecule has 0 fully saturated rings. The molecule has 0 saturated carbocycles. The molecule has 1 aliphatic heterocycles. The molecule has 0 aliphatic carbocycles. The second-order valence-corrected chi connectivity index (χ2v) is 7.17. The van der Waals surface area contributed by atoms with Gasteiger partial charge in [0.2, 0.25) is 11.8 Å². The second kappa shape index (κ2) is 9.30. The highest BCUT2D eigenvalue weighted by molar-refractivity contribution is 6.36. The fourth-order valence-electron chi connectivity index (χ4n) is 3.11. The molecule has 0 bridgehead atoms. The molecule has 0 unspecified atom stereocenters. The summed E-state index contributed by atoms with van der Waals surface area (Å²) in [6.07, 6.45) is 4.78. The van der Waals surface area contributed by atoms with E-state index in [4.69, 9.17) is 16.0 Å². The van der Waals surface area contributed by atoms with E-state index in [2.05, 4.69) is 15.6 Å². The average molecular weight is 447 g/mol. The van der Waals surface area contributed by atoms with Crippen LogP contribution < -0.4 is 10.6 Å². The molecule has 30 heavy (non-hydrogen) atoms. The molecule has 7 nitrogen and oxygen atoms in total. The first-order valence-corrected chi connectivity index (χ1v) is 9.47. The third kappa shape index (κ3) is 4.64. The largest absolute Gasteiger partial charge is 0.458 e. The first-order chi connectivity index (χ1) is 14.0. The number of para-hydroxylation sites is 1. The predicted molar refractivity (Wildman–Crippen MR) is 119 cm³/mol. The van der Waals surface area contributed by atoms with E-state index in [0.717, 1.165) is 16.5 Å². The Labute approximate surface area is 184 Å². The molecule has 1 aliphatic rings. The number of anilines is 1. The summed E-state index contributed by atoms with van der Waals surface area (Å²) in [5.41, 5.74) is 2.33. The van der Waals surface area contributed by atoms with Crippen LogP contribution in [0.15, 0.2) is 47.0 Å². The summed E-state index contributed by atoms with van der Waals surface area (Å²) in [4.78, 5) is 29.9. The molecule has 0 spiro atoms. The SMILES string of the molecule is CN(Cc1oc2ccccc2c1Cl)C(=O)/C=C/c1cnc2c(c1)CNCC(=O)N2.Cl. The van der Waals surface area contributed by atoms with Crippen LogP contribution in [-0.4, -0.2) is 35.3 Å². The molecule has 2 amide bonds. The Morgan fingerprint density at radius 3 is 2.93 bits per heavy atom. The number of hydrogen-bond donors (Lipinski definition) is 2. The van der Waals surface area contributed by atoms with Gasteiger partial charge in [-0.15, -0.1) is 12.4 Å². The highest BCUT2D eigenvalue weighted by Crippen LogP contribution is 2.31. The number of carbonyl (C=O) groups is 2. The van der Waals surface area contributed by atoms with Crippen molar-refractivity contribution in [3.05, 3.63) is 64.5 Å². The van der Waals surface area contributed by atoms with Crippen LogP contribution in [0.4, 0.5) is 5.82 Å². The average Bonchev–Trinajstić information content (AvgIpc) is 2.90. The number of nitrogens with zero attached hydrogens (tertiary/aromatic N) is 2. The van der Waals surface area contributed by atoms with Crippen LogP contribution in [0.3, 0.4) is 0 Å². The number of fused-ring (bicyclic) bond motifs is 2. The van der Waals surface area contributed by atoms with Gasteiger partial charge in [0.1, 0.15) is 17.2 Å². The second-order valence-electron chi connectivity index (χ2n) is 6.79. The fourth-order valence-corrected chi connectivity index (χ4v) is 3.36. The Bertz CT molecular complexity index is 1130. The molecular weight excluding hydrogens is 427 g/mol. The van der Waals surface area contributed by atoms with E-state index in [1.54, 1.807) is 19.3 Å². The third-order valence-corrected chi connectivity index (χ3v) is 5.04. The lowest BCUT2D eigenvalue weighted by Crippen LogP contribution is -2.24. The maximum atomic E-state index is 12.5. The van der Waals surface area contributed by atoms with Crippen LogP contribution in [0, 0.1) is 0 Å². The van der Waals surface area contributed by atoms with Gasteiger partial charge in [-0.3, -0.25) is 9.59 Å². The lowest BCUT2D eigenvalue weighted by Gasteiger charge is -2.13. The summed E-state index contributed by atoms with van der Waals surface area (Å²) >= 11 is 6.38. The minimum Gasteiger partial charge on any atom is -0.458 e. The van der Waals surface area contributed by atoms with Gasteiger partial charge in [0.05, 0.1) is 18.1 Å². The zero-order valence-electron chi connectivity index (χ0n) is 16.1. The number of carbonyl (C=O) groups excluding carboxylic acids is 2. The molecule has 3 heterocycles. The zero-order chi connectivity index (χ0) is 20.4. The topological polar surface area (TPSA) is 87.5 Å². The molecule has 2 aromatic heterocycles. The molecule has 1 aromatic carbocycles. The number of hydrogen-bond acceptors (Lipinski definition) is 5. The van der Waals surface area contributed by atoms with Gasteiger partial charge < -0.3 is 20.0 Å². The summed E-state index contributed by atoms with van der Waals surface area (Å²) in [6, 6.07) is 9.38. The van der Waals surface area contributed by atoms with Gasteiger partial charge in [-0.1, -0.05) is 23.7 Å². The molecule has 0 saturated heterocycles. The van der Waals surface area contributed by atoms with E-state index < -0.39 is 0 Å². The van der Waals surface area contributed by atoms with Crippen LogP contribution in [0.25, 0.3) is 17.0 Å². The van der Waals surface area contributed by atoms with E-state index in [9.17, 15) is 9.59 Å². The molecule has 4 rings (SSSR count). The van der Waals surface area contributed by atoms with Crippen molar-refractivity contribution in [2.45, 2.75) is 13.1 Å². The highest BCUT2D eigenvalue weighted by atomic mass is 35.5. The predicted octanol–water partition coefficient (Wildman–Crippen LogP) is 3.62. The van der Waals surface area contributed by atoms with Gasteiger partial charge in [0.15, 0.2) is 0 Å². The summed E-state index contributed by atoms with van der Waals surface area (Å²) in [5.74, 6) is 0.772. The number of likely N-dealkylation sites (N-methyl/N-ethyl adjacent to an activating group) is 1. The van der Waals surface area contributed by atoms with E-state index in [0.29, 0.717) is 28.7 Å². The number of rotatable bonds is 4. The van der Waals surface area contributed by atoms with E-state index in [1.807, 2.05) is 30.3 Å². The van der Waals surface area contributed by atoms with Gasteiger partial charge in [-0.25, -0.2) is 4.98 Å². The molecule has 0 atom stereocenters. The number of amides is 2. The van der Waals surface area contributed by atoms with Crippen LogP contribution in [0.2, 0.25) is 5.02 Å². The Hall–Kier alpha value is -2.87. The van der Waals surface area contributed by atoms with Crippen molar-refractivity contribution < 1.29 is 14.0 Å². The number of benzene rings is 1. The summed E-state index contributed by atoms with van der Waals surface area (Å²) < 4.78 is 5.76. The van der Waals surface area contributed by atoms with Crippen LogP contribution in [0.5, 0.6) is 0 Å². The van der Waals surface area contributed by atoms with Gasteiger partial charge in [0.25, 0.3) is 0 Å². The highest BCUT2D eigenvalue weighted by Gasteiger charge is 2.16. The maximum absolute atomic E-state index is 12.5. The standard InChI is InChI=1S/C21H19ClN4O3.ClH/c1-26(12-17-20(22)15-4-2-3-5-16(15)29-17)19(28)7-6-13-8-14-10-23-11-18(27)25-21(14)24-9-13;/h2-9,23H,10-12H2,1H3,(H,24,25,27);1H/b7-6+;. The van der Waals surface area contributed by atoms with E-state index >= 15 is 0 Å². The normalized spacial score (nSPS) is 13.5. The van der Waals surface area contributed by atoms with E-state index in [-0.39, 0.29) is 37.3 Å². The molecule has 2 N–H and O–H groups in total.